The van der Waals surface area contributed by atoms with Gasteiger partial charge in [-0.3, -0.25) is 19.0 Å². The Balaban J connectivity index is 0.000000573. The zero-order valence-corrected chi connectivity index (χ0v) is 56.7. The molecule has 0 aliphatic heterocycles. The number of esters is 2. The number of primary amides is 1. The number of amides is 2. The summed E-state index contributed by atoms with van der Waals surface area (Å²) in [5, 5.41) is 22.4. The summed E-state index contributed by atoms with van der Waals surface area (Å²) in [6.07, 6.45) is 22.3. The first-order chi connectivity index (χ1) is 42.8. The monoisotopic (exact) mass is 1330 g/mol. The number of ether oxygens (including phenoxy) is 6. The number of anilines is 3. The molecule has 0 fully saturated rings. The Labute approximate surface area is 541 Å². The average Bonchev–Trinajstić information content (AvgIpc) is 1.02. The molecule has 0 atom stereocenters. The lowest BCUT2D eigenvalue weighted by Crippen LogP contribution is -2.23. The van der Waals surface area contributed by atoms with Crippen molar-refractivity contribution in [3.63, 3.8) is 0 Å². The molecule has 20 nitrogen and oxygen atoms in total. The number of nitrogens with two attached hydrogens (primary N) is 1. The standard InChI is InChI=1S/C49H71ClN2O12S.C17H19ClN2O4S/c1-7-9-11-13-15-17-19-21-23-25-27-63-48(55)35-29-36(49(56)64-28-26-24-22-20-18-16-14-12-10-8-2)31-37(30-35)51-47(54)39-34-42(60-4)44(61-5)45(62-6)46(39)65(57,58)52-38-32-40(50)43(53)41(33-38)59-3;1-8-5-10(3)16(14(11(8)4)17(19)22)25(23,24)20-12-6-9(2)15(21)13(18)7-12/h29-34,52-53H,7-28H2,1-6H3,(H,51,54);5-7,20-21H,1-4H3,(H2,19,22). The fourth-order valence-electron chi connectivity index (χ4n) is 10.1. The number of phenolic OH excluding ortho intramolecular Hbond substituents is 2. The Morgan fingerprint density at radius 3 is 1.34 bits per heavy atom. The number of benzene rings is 5. The maximum absolute atomic E-state index is 14.3. The first-order valence-electron chi connectivity index (χ1n) is 30.5. The number of rotatable bonds is 37. The molecule has 0 unspecified atom stereocenters. The summed E-state index contributed by atoms with van der Waals surface area (Å²) in [6, 6.07) is 12.0. The molecule has 496 valence electrons. The summed E-state index contributed by atoms with van der Waals surface area (Å²) < 4.78 is 91.9. The molecule has 7 N–H and O–H groups in total. The van der Waals surface area contributed by atoms with Crippen molar-refractivity contribution in [3.05, 3.63) is 109 Å². The molecule has 0 aliphatic carbocycles. The van der Waals surface area contributed by atoms with E-state index in [4.69, 9.17) is 57.4 Å². The number of phenols is 2. The molecule has 0 aromatic heterocycles. The summed E-state index contributed by atoms with van der Waals surface area (Å²) in [4.78, 5) is 52.4. The van der Waals surface area contributed by atoms with Crippen LogP contribution in [0.2, 0.25) is 10.0 Å². The van der Waals surface area contributed by atoms with Gasteiger partial charge in [0, 0.05) is 11.8 Å². The second-order valence-corrected chi connectivity index (χ2v) is 26.0. The highest BCUT2D eigenvalue weighted by atomic mass is 35.5. The molecule has 0 bridgehead atoms. The van der Waals surface area contributed by atoms with Crippen molar-refractivity contribution in [1.29, 1.82) is 0 Å². The molecular formula is C66H90Cl2N4O16S2. The number of hydrogen-bond donors (Lipinski definition) is 6. The van der Waals surface area contributed by atoms with Gasteiger partial charge in [-0.05, 0) is 105 Å². The molecule has 5 aromatic carbocycles. The average molecular weight is 1330 g/mol. The highest BCUT2D eigenvalue weighted by molar-refractivity contribution is 7.93. The number of carbonyl (C=O) groups is 4. The zero-order chi connectivity index (χ0) is 66.7. The van der Waals surface area contributed by atoms with Crippen LogP contribution in [0.25, 0.3) is 0 Å². The summed E-state index contributed by atoms with van der Waals surface area (Å²) in [5.74, 6) is -4.40. The van der Waals surface area contributed by atoms with Crippen LogP contribution in [0, 0.1) is 27.7 Å². The number of hydrogen-bond acceptors (Lipinski definition) is 16. The predicted octanol–water partition coefficient (Wildman–Crippen LogP) is 15.5. The highest BCUT2D eigenvalue weighted by Crippen LogP contribution is 2.46. The van der Waals surface area contributed by atoms with Crippen LogP contribution in [0.3, 0.4) is 0 Å². The van der Waals surface area contributed by atoms with E-state index < -0.39 is 60.0 Å². The van der Waals surface area contributed by atoms with E-state index in [9.17, 15) is 46.2 Å². The minimum Gasteiger partial charge on any atom is -0.506 e. The summed E-state index contributed by atoms with van der Waals surface area (Å²) in [5.41, 5.74) is 7.05. The number of aryl methyl sites for hydroxylation is 3. The molecule has 0 spiro atoms. The van der Waals surface area contributed by atoms with Crippen LogP contribution in [0.15, 0.2) is 64.4 Å². The molecule has 5 rings (SSSR count). The van der Waals surface area contributed by atoms with Gasteiger partial charge in [0.15, 0.2) is 23.0 Å². The Kier molecular flexibility index (Phi) is 31.2. The maximum Gasteiger partial charge on any atom is 0.338 e. The molecule has 24 heteroatoms. The van der Waals surface area contributed by atoms with Crippen molar-refractivity contribution in [2.75, 3.05) is 56.4 Å². The van der Waals surface area contributed by atoms with E-state index in [1.54, 1.807) is 33.8 Å². The molecular weight excluding hydrogens is 1240 g/mol. The molecule has 0 aliphatic rings. The number of carbonyl (C=O) groups excluding carboxylic acids is 4. The molecule has 5 aromatic rings. The topological polar surface area (TPSA) is 295 Å². The molecule has 90 heavy (non-hydrogen) atoms. The van der Waals surface area contributed by atoms with Crippen molar-refractivity contribution in [2.45, 2.75) is 180 Å². The third kappa shape index (κ3) is 22.1. The second kappa shape index (κ2) is 37.3. The lowest BCUT2D eigenvalue weighted by atomic mass is 9.99. The van der Waals surface area contributed by atoms with E-state index in [1.165, 1.54) is 142 Å². The minimum atomic E-state index is -4.75. The van der Waals surface area contributed by atoms with Gasteiger partial charge < -0.3 is 49.7 Å². The molecule has 0 heterocycles. The van der Waals surface area contributed by atoms with E-state index in [1.807, 2.05) is 0 Å². The largest absolute Gasteiger partial charge is 0.506 e. The van der Waals surface area contributed by atoms with Crippen LogP contribution in [0.4, 0.5) is 17.1 Å². The maximum atomic E-state index is 14.3. The fraction of sp³-hybridized carbons (Fsp3) is 0.485. The predicted molar refractivity (Wildman–Crippen MR) is 353 cm³/mol. The number of sulfonamides is 2. The first-order valence-corrected chi connectivity index (χ1v) is 34.2. The van der Waals surface area contributed by atoms with Crippen LogP contribution in [-0.4, -0.2) is 92.5 Å². The number of halogens is 2. The van der Waals surface area contributed by atoms with Gasteiger partial charge in [0.1, 0.15) is 15.5 Å². The van der Waals surface area contributed by atoms with Gasteiger partial charge in [-0.15, -0.1) is 0 Å². The van der Waals surface area contributed by atoms with Gasteiger partial charge in [0.25, 0.3) is 26.0 Å². The number of nitrogens with one attached hydrogen (secondary N) is 3. The quantitative estimate of drug-likeness (QED) is 0.0122. The van der Waals surface area contributed by atoms with Gasteiger partial charge in [-0.25, -0.2) is 26.4 Å². The summed E-state index contributed by atoms with van der Waals surface area (Å²) in [6.45, 7) is 11.4. The van der Waals surface area contributed by atoms with Crippen LogP contribution in [0.5, 0.6) is 34.5 Å². The van der Waals surface area contributed by atoms with E-state index in [0.29, 0.717) is 29.5 Å². The first kappa shape index (κ1) is 75.3. The molecule has 0 saturated carbocycles. The third-order valence-electron chi connectivity index (χ3n) is 14.9. The third-order valence-corrected chi connectivity index (χ3v) is 18.5. The number of unbranched alkanes of at least 4 members (excludes halogenated alkanes) is 18. The van der Waals surface area contributed by atoms with Crippen LogP contribution < -0.4 is 39.4 Å². The van der Waals surface area contributed by atoms with Gasteiger partial charge in [-0.2, -0.15) is 0 Å². The second-order valence-electron chi connectivity index (χ2n) is 22.0. The molecule has 2 amide bonds. The molecule has 0 radical (unpaired) electrons. The Hall–Kier alpha value is -7.14. The Morgan fingerprint density at radius 2 is 0.911 bits per heavy atom. The summed E-state index contributed by atoms with van der Waals surface area (Å²) >= 11 is 12.0. The lowest BCUT2D eigenvalue weighted by Gasteiger charge is -2.20. The van der Waals surface area contributed by atoms with Crippen molar-refractivity contribution in [2.24, 2.45) is 5.73 Å². The number of aromatic hydroxyl groups is 2. The van der Waals surface area contributed by atoms with Gasteiger partial charge in [-0.1, -0.05) is 159 Å². The SMILES string of the molecule is CCCCCCCCCCCCOC(=O)c1cc(NC(=O)c2cc(OC)c(OC)c(OC)c2S(=O)(=O)Nc2cc(Cl)c(O)c(OC)c2)cc(C(=O)OCCCCCCCCCCCC)c1.Cc1cc(C)c(S(=O)(=O)Nc2cc(C)c(O)c(Cl)c2)c(C(N)=O)c1C. The van der Waals surface area contributed by atoms with Crippen molar-refractivity contribution < 1.29 is 74.6 Å². The fourth-order valence-corrected chi connectivity index (χ4v) is 13.5. The van der Waals surface area contributed by atoms with Gasteiger partial charge in [0.2, 0.25) is 11.7 Å². The van der Waals surface area contributed by atoms with Crippen LogP contribution in [-0.2, 0) is 29.5 Å². The van der Waals surface area contributed by atoms with E-state index >= 15 is 0 Å². The van der Waals surface area contributed by atoms with Crippen LogP contribution in [0.1, 0.15) is 206 Å². The Morgan fingerprint density at radius 1 is 0.478 bits per heavy atom. The van der Waals surface area contributed by atoms with Crippen molar-refractivity contribution in [3.8, 4) is 34.5 Å². The van der Waals surface area contributed by atoms with E-state index in [0.717, 1.165) is 56.2 Å². The highest BCUT2D eigenvalue weighted by Gasteiger charge is 2.34. The van der Waals surface area contributed by atoms with Crippen molar-refractivity contribution >= 4 is 84.1 Å². The van der Waals surface area contributed by atoms with E-state index in [2.05, 4.69) is 28.6 Å². The van der Waals surface area contributed by atoms with Crippen LogP contribution >= 0.6 is 23.2 Å². The van der Waals surface area contributed by atoms with E-state index in [-0.39, 0.29) is 90.7 Å². The summed E-state index contributed by atoms with van der Waals surface area (Å²) in [7, 11) is -3.82. The normalized spacial score (nSPS) is 11.2. The van der Waals surface area contributed by atoms with Gasteiger partial charge in [0.05, 0.1) is 85.3 Å². The number of methoxy groups -OCH3 is 4. The van der Waals surface area contributed by atoms with Crippen molar-refractivity contribution in [1.82, 2.24) is 0 Å². The Bertz CT molecular complexity index is 3410. The van der Waals surface area contributed by atoms with Gasteiger partial charge >= 0.3 is 11.9 Å². The smallest absolute Gasteiger partial charge is 0.338 e. The molecule has 0 saturated heterocycles. The lowest BCUT2D eigenvalue weighted by molar-refractivity contribution is 0.0495. The zero-order valence-electron chi connectivity index (χ0n) is 53.5. The minimum absolute atomic E-state index is 0.0154.